The van der Waals surface area contributed by atoms with Gasteiger partial charge in [-0.2, -0.15) is 5.26 Å². The first-order valence-corrected chi connectivity index (χ1v) is 11.4. The van der Waals surface area contributed by atoms with Crippen molar-refractivity contribution < 1.29 is 34.1 Å². The number of carboxylic acid groups (broad SMARTS) is 1. The molecule has 3 aromatic rings. The summed E-state index contributed by atoms with van der Waals surface area (Å²) in [6, 6.07) is 14.3. The number of nitriles is 1. The first-order chi connectivity index (χ1) is 18.6. The lowest BCUT2D eigenvalue weighted by Gasteiger charge is -2.16. The minimum absolute atomic E-state index is 0.0697. The van der Waals surface area contributed by atoms with E-state index < -0.39 is 29.4 Å². The number of aromatic hydroxyl groups is 1. The number of phenols is 1. The maximum atomic E-state index is 12.9. The zero-order valence-corrected chi connectivity index (χ0v) is 20.8. The van der Waals surface area contributed by atoms with Crippen LogP contribution in [0.15, 0.2) is 54.6 Å². The van der Waals surface area contributed by atoms with Crippen molar-refractivity contribution in [1.82, 2.24) is 0 Å². The number of carboxylic acids is 1. The molecule has 0 fully saturated rings. The number of rotatable bonds is 8. The Kier molecular flexibility index (Phi) is 8.60. The van der Waals surface area contributed by atoms with Crippen LogP contribution in [0.25, 0.3) is 11.1 Å². The molecule has 3 rings (SSSR count). The Morgan fingerprint density at radius 3 is 2.23 bits per heavy atom. The Labute approximate surface area is 222 Å². The van der Waals surface area contributed by atoms with E-state index in [9.17, 15) is 29.4 Å². The molecule has 0 spiro atoms. The number of carbonyl (C=O) groups excluding carboxylic acids is 3. The lowest BCUT2D eigenvalue weighted by molar-refractivity contribution is -0.116. The van der Waals surface area contributed by atoms with Crippen LogP contribution < -0.4 is 16.0 Å². The summed E-state index contributed by atoms with van der Waals surface area (Å²) < 4.78 is 4.56. The van der Waals surface area contributed by atoms with Crippen molar-refractivity contribution in [3.63, 3.8) is 0 Å². The van der Waals surface area contributed by atoms with Gasteiger partial charge in [-0.15, -0.1) is 0 Å². The maximum Gasteiger partial charge on any atom is 0.411 e. The first kappa shape index (κ1) is 27.9. The number of amides is 3. The van der Waals surface area contributed by atoms with Gasteiger partial charge in [-0.25, -0.2) is 9.59 Å². The number of anilines is 3. The summed E-state index contributed by atoms with van der Waals surface area (Å²) in [5.74, 6) is -3.23. The van der Waals surface area contributed by atoms with Crippen molar-refractivity contribution in [2.45, 2.75) is 13.3 Å². The van der Waals surface area contributed by atoms with Crippen LogP contribution in [0.1, 0.15) is 34.8 Å². The van der Waals surface area contributed by atoms with Crippen LogP contribution in [0, 0.1) is 16.7 Å². The summed E-state index contributed by atoms with van der Waals surface area (Å²) in [7, 11) is 1.22. The van der Waals surface area contributed by atoms with Crippen molar-refractivity contribution in [3.8, 4) is 22.9 Å². The predicted octanol–water partition coefficient (Wildman–Crippen LogP) is 4.16. The second-order valence-electron chi connectivity index (χ2n) is 8.02. The predicted molar refractivity (Wildman–Crippen MR) is 142 cm³/mol. The largest absolute Gasteiger partial charge is 0.507 e. The molecule has 12 heteroatoms. The third-order valence-electron chi connectivity index (χ3n) is 5.48. The molecule has 0 atom stereocenters. The number of phenolic OH excluding ortho intramolecular Hbond substituents is 1. The molecule has 39 heavy (non-hydrogen) atoms. The Morgan fingerprint density at radius 1 is 0.949 bits per heavy atom. The van der Waals surface area contributed by atoms with Gasteiger partial charge in [0.05, 0.1) is 35.7 Å². The van der Waals surface area contributed by atoms with Gasteiger partial charge in [-0.1, -0.05) is 19.1 Å². The molecule has 12 nitrogen and oxygen atoms in total. The summed E-state index contributed by atoms with van der Waals surface area (Å²) >= 11 is 0. The molecule has 0 aromatic heterocycles. The quantitative estimate of drug-likeness (QED) is 0.233. The number of hydrogen-bond acceptors (Lipinski definition) is 8. The fourth-order valence-electron chi connectivity index (χ4n) is 3.48. The maximum absolute atomic E-state index is 12.9. The molecule has 0 unspecified atom stereocenters. The molecule has 6 N–H and O–H groups in total. The van der Waals surface area contributed by atoms with E-state index in [1.54, 1.807) is 31.2 Å². The highest BCUT2D eigenvalue weighted by Crippen LogP contribution is 2.35. The monoisotopic (exact) mass is 529 g/mol. The van der Waals surface area contributed by atoms with Gasteiger partial charge in [0.1, 0.15) is 11.5 Å². The number of ether oxygens (including phenoxy) is 1. The highest BCUT2D eigenvalue weighted by atomic mass is 16.5. The fraction of sp³-hybridized carbons (Fsp3) is 0.111. The van der Waals surface area contributed by atoms with Gasteiger partial charge in [0.25, 0.3) is 5.91 Å². The smallest absolute Gasteiger partial charge is 0.411 e. The third-order valence-corrected chi connectivity index (χ3v) is 5.48. The molecule has 0 bridgehead atoms. The van der Waals surface area contributed by atoms with Gasteiger partial charge in [0.2, 0.25) is 5.91 Å². The van der Waals surface area contributed by atoms with E-state index in [0.29, 0.717) is 16.8 Å². The Balaban J connectivity index is 2.01. The zero-order valence-electron chi connectivity index (χ0n) is 20.8. The minimum Gasteiger partial charge on any atom is -0.507 e. The standard InChI is InChI=1S/C27H23N5O7/c1-3-23(34)31-21-12-22(33)19(11-17(21)15-5-7-16(8-6-15)30-27(38)39-2)24(29)25(35)32-20-9-4-14(13-28)10-18(20)26(36)37/h4-12,29,33H,3H2,1-2H3,(H,30,38)(H,31,34)(H,32,35)(H,36,37). The van der Waals surface area contributed by atoms with E-state index in [4.69, 9.17) is 10.7 Å². The van der Waals surface area contributed by atoms with Gasteiger partial charge in [-0.05, 0) is 42.0 Å². The van der Waals surface area contributed by atoms with Crippen LogP contribution >= 0.6 is 0 Å². The summed E-state index contributed by atoms with van der Waals surface area (Å²) in [4.78, 5) is 48.1. The molecule has 0 aliphatic rings. The summed E-state index contributed by atoms with van der Waals surface area (Å²) in [6.45, 7) is 1.64. The number of benzene rings is 3. The molecule has 0 aliphatic carbocycles. The first-order valence-electron chi connectivity index (χ1n) is 11.4. The normalized spacial score (nSPS) is 10.1. The average Bonchev–Trinajstić information content (AvgIpc) is 2.93. The lowest BCUT2D eigenvalue weighted by atomic mass is 9.97. The van der Waals surface area contributed by atoms with Crippen LogP contribution in [0.2, 0.25) is 0 Å². The van der Waals surface area contributed by atoms with Gasteiger partial charge in [0.15, 0.2) is 0 Å². The molecule has 3 aromatic carbocycles. The van der Waals surface area contributed by atoms with Crippen molar-refractivity contribution in [3.05, 3.63) is 71.3 Å². The molecule has 0 heterocycles. The Bertz CT molecular complexity index is 1520. The lowest BCUT2D eigenvalue weighted by Crippen LogP contribution is -2.24. The van der Waals surface area contributed by atoms with Crippen LogP contribution in [-0.4, -0.2) is 46.9 Å². The zero-order chi connectivity index (χ0) is 28.7. The van der Waals surface area contributed by atoms with Gasteiger partial charge in [-0.3, -0.25) is 20.3 Å². The van der Waals surface area contributed by atoms with E-state index in [1.807, 2.05) is 6.07 Å². The molecule has 0 saturated carbocycles. The molecule has 0 aliphatic heterocycles. The number of carbonyl (C=O) groups is 4. The molecular weight excluding hydrogens is 506 g/mol. The van der Waals surface area contributed by atoms with Crippen molar-refractivity contribution in [2.75, 3.05) is 23.1 Å². The number of nitrogens with zero attached hydrogens (tertiary/aromatic N) is 1. The summed E-state index contributed by atoms with van der Waals surface area (Å²) in [5.41, 5.74) is 0.210. The molecular formula is C27H23N5O7. The fourth-order valence-corrected chi connectivity index (χ4v) is 3.48. The molecule has 0 radical (unpaired) electrons. The average molecular weight is 530 g/mol. The summed E-state index contributed by atoms with van der Waals surface area (Å²) in [6.07, 6.45) is -0.517. The van der Waals surface area contributed by atoms with Crippen LogP contribution in [0.4, 0.5) is 21.9 Å². The topological polar surface area (TPSA) is 202 Å². The molecule has 198 valence electrons. The molecule has 3 amide bonds. The second kappa shape index (κ2) is 12.0. The molecule has 0 saturated heterocycles. The van der Waals surface area contributed by atoms with Gasteiger partial charge >= 0.3 is 12.1 Å². The van der Waals surface area contributed by atoms with E-state index in [2.05, 4.69) is 20.7 Å². The van der Waals surface area contributed by atoms with Crippen molar-refractivity contribution >= 4 is 46.7 Å². The Hall–Kier alpha value is -5.70. The number of nitrogens with one attached hydrogen (secondary N) is 4. The highest BCUT2D eigenvalue weighted by molar-refractivity contribution is 6.48. The van der Waals surface area contributed by atoms with E-state index in [0.717, 1.165) is 6.07 Å². The Morgan fingerprint density at radius 2 is 1.64 bits per heavy atom. The second-order valence-corrected chi connectivity index (χ2v) is 8.02. The minimum atomic E-state index is -1.39. The number of aromatic carboxylic acids is 1. The van der Waals surface area contributed by atoms with Gasteiger partial charge in [0, 0.05) is 29.3 Å². The van der Waals surface area contributed by atoms with Crippen LogP contribution in [0.5, 0.6) is 5.75 Å². The van der Waals surface area contributed by atoms with Gasteiger partial charge < -0.3 is 25.6 Å². The van der Waals surface area contributed by atoms with Crippen LogP contribution in [-0.2, 0) is 14.3 Å². The summed E-state index contributed by atoms with van der Waals surface area (Å²) in [5, 5.41) is 45.0. The van der Waals surface area contributed by atoms with E-state index >= 15 is 0 Å². The SMILES string of the molecule is CCC(=O)Nc1cc(O)c(C(=N)C(=O)Nc2ccc(C#N)cc2C(=O)O)cc1-c1ccc(NC(=O)OC)cc1. The van der Waals surface area contributed by atoms with E-state index in [-0.39, 0.29) is 40.4 Å². The highest BCUT2D eigenvalue weighted by Gasteiger charge is 2.22. The third kappa shape index (κ3) is 6.55. The van der Waals surface area contributed by atoms with E-state index in [1.165, 1.54) is 31.4 Å². The van der Waals surface area contributed by atoms with Crippen molar-refractivity contribution in [1.29, 1.82) is 10.7 Å². The van der Waals surface area contributed by atoms with Crippen molar-refractivity contribution in [2.24, 2.45) is 0 Å². The number of methoxy groups -OCH3 is 1. The van der Waals surface area contributed by atoms with Crippen LogP contribution in [0.3, 0.4) is 0 Å². The number of hydrogen-bond donors (Lipinski definition) is 6.